The lowest BCUT2D eigenvalue weighted by molar-refractivity contribution is -0.184. The van der Waals surface area contributed by atoms with Gasteiger partial charge < -0.3 is 0 Å². The van der Waals surface area contributed by atoms with E-state index in [4.69, 9.17) is 0 Å². The summed E-state index contributed by atoms with van der Waals surface area (Å²) >= 11 is 0. The van der Waals surface area contributed by atoms with Crippen LogP contribution in [0.15, 0.2) is 11.7 Å². The molecule has 0 aromatic rings. The van der Waals surface area contributed by atoms with E-state index in [0.717, 1.165) is 0 Å². The van der Waals surface area contributed by atoms with Crippen molar-refractivity contribution in [3.05, 3.63) is 11.7 Å². The zero-order chi connectivity index (χ0) is 9.72. The van der Waals surface area contributed by atoms with Crippen LogP contribution >= 0.6 is 0 Å². The first kappa shape index (κ1) is 10.4. The minimum Gasteiger partial charge on any atom is -0.247 e. The molecule has 0 spiro atoms. The maximum absolute atomic E-state index is 12.0. The maximum Gasteiger partial charge on any atom is 0.411 e. The van der Waals surface area contributed by atoms with Gasteiger partial charge in [-0.25, -0.2) is 19.5 Å². The first-order valence-electron chi connectivity index (χ1n) is 2.25. The van der Waals surface area contributed by atoms with Crippen LogP contribution in [0.3, 0.4) is 0 Å². The molecule has 68 valence electrons. The molecule has 0 aliphatic heterocycles. The lowest BCUT2D eigenvalue weighted by Gasteiger charge is -1.91. The molecule has 0 N–H and O–H groups in total. The molecule has 12 heavy (non-hydrogen) atoms. The molecule has 0 aliphatic rings. The van der Waals surface area contributed by atoms with Crippen molar-refractivity contribution in [3.8, 4) is 0 Å². The number of carbonyl (C=O) groups excluding carboxylic acids is 2. The lowest BCUT2D eigenvalue weighted by Crippen LogP contribution is -2.06. The highest BCUT2D eigenvalue weighted by Gasteiger charge is 2.25. The molecular formula is C4F4O4. The van der Waals surface area contributed by atoms with E-state index < -0.39 is 23.6 Å². The van der Waals surface area contributed by atoms with Gasteiger partial charge >= 0.3 is 11.9 Å². The number of halogens is 4. The third-order valence-corrected chi connectivity index (χ3v) is 0.691. The van der Waals surface area contributed by atoms with Gasteiger partial charge in [-0.1, -0.05) is 0 Å². The molecule has 0 bridgehead atoms. The van der Waals surface area contributed by atoms with Crippen LogP contribution < -0.4 is 0 Å². The van der Waals surface area contributed by atoms with E-state index >= 15 is 0 Å². The monoisotopic (exact) mass is 188 g/mol. The van der Waals surface area contributed by atoms with Crippen molar-refractivity contribution in [2.75, 3.05) is 0 Å². The van der Waals surface area contributed by atoms with Crippen LogP contribution in [-0.4, -0.2) is 11.9 Å². The molecule has 0 saturated carbocycles. The minimum absolute atomic E-state index is 2.19. The summed E-state index contributed by atoms with van der Waals surface area (Å²) in [6.45, 7) is 0. The molecule has 0 unspecified atom stereocenters. The van der Waals surface area contributed by atoms with Crippen molar-refractivity contribution >= 4 is 11.9 Å². The molecule has 0 aromatic carbocycles. The molecule has 0 radical (unpaired) electrons. The number of hydrogen-bond donors (Lipinski definition) is 0. The topological polar surface area (TPSA) is 52.6 Å². The Labute approximate surface area is 62.2 Å². The fraction of sp³-hybridized carbons (Fsp3) is 0. The summed E-state index contributed by atoms with van der Waals surface area (Å²) in [7, 11) is 0. The molecule has 0 amide bonds. The summed E-state index contributed by atoms with van der Waals surface area (Å²) in [5, 5.41) is 0. The van der Waals surface area contributed by atoms with Crippen LogP contribution in [-0.2, 0) is 19.5 Å². The maximum atomic E-state index is 12.0. The number of rotatable bonds is 2. The van der Waals surface area contributed by atoms with Gasteiger partial charge in [0.05, 0.1) is 0 Å². The Balaban J connectivity index is 4.68. The molecule has 0 aliphatic carbocycles. The summed E-state index contributed by atoms with van der Waals surface area (Å²) in [5.41, 5.74) is 0. The molecule has 0 atom stereocenters. The highest BCUT2D eigenvalue weighted by atomic mass is 19.3. The van der Waals surface area contributed by atoms with E-state index in [2.05, 4.69) is 9.88 Å². The Hall–Kier alpha value is -1.60. The second-order valence-electron chi connectivity index (χ2n) is 1.36. The van der Waals surface area contributed by atoms with Crippen LogP contribution in [0.2, 0.25) is 0 Å². The Morgan fingerprint density at radius 3 is 1.25 bits per heavy atom. The van der Waals surface area contributed by atoms with Gasteiger partial charge in [-0.05, 0) is 0 Å². The smallest absolute Gasteiger partial charge is 0.247 e. The average Bonchev–Trinajstić information content (AvgIpc) is 2.12. The summed E-state index contributed by atoms with van der Waals surface area (Å²) in [5.74, 6) is -9.81. The van der Waals surface area contributed by atoms with E-state index in [0.29, 0.717) is 0 Å². The molecule has 0 saturated heterocycles. The summed E-state index contributed by atoms with van der Waals surface area (Å²) < 4.78 is 45.6. The average molecular weight is 188 g/mol. The van der Waals surface area contributed by atoms with Gasteiger partial charge in [-0.2, -0.15) is 8.78 Å². The number of hydrogen-bond acceptors (Lipinski definition) is 4. The summed E-state index contributed by atoms with van der Waals surface area (Å²) in [6.07, 6.45) is 0. The van der Waals surface area contributed by atoms with Crippen molar-refractivity contribution in [1.82, 2.24) is 0 Å². The predicted molar refractivity (Wildman–Crippen MR) is 23.6 cm³/mol. The molecule has 4 nitrogen and oxygen atoms in total. The second-order valence-corrected chi connectivity index (χ2v) is 1.36. The quantitative estimate of drug-likeness (QED) is 0.479. The molecular weight excluding hydrogens is 188 g/mol. The van der Waals surface area contributed by atoms with E-state index in [9.17, 15) is 27.4 Å². The summed E-state index contributed by atoms with van der Waals surface area (Å²) in [6, 6.07) is 0. The van der Waals surface area contributed by atoms with Crippen LogP contribution in [0.4, 0.5) is 17.8 Å². The zero-order valence-corrected chi connectivity index (χ0v) is 5.14. The Morgan fingerprint density at radius 1 is 0.833 bits per heavy atom. The fourth-order valence-corrected chi connectivity index (χ4v) is 0.247. The van der Waals surface area contributed by atoms with E-state index in [1.54, 1.807) is 0 Å². The van der Waals surface area contributed by atoms with Gasteiger partial charge in [0.1, 0.15) is 0 Å². The van der Waals surface area contributed by atoms with Crippen molar-refractivity contribution in [1.29, 1.82) is 0 Å². The Bertz CT molecular complexity index is 211. The second kappa shape index (κ2) is 4.31. The minimum atomic E-state index is -2.51. The van der Waals surface area contributed by atoms with Gasteiger partial charge in [0, 0.05) is 9.05 Å². The molecule has 0 fully saturated rings. The molecule has 0 rings (SSSR count). The van der Waals surface area contributed by atoms with Gasteiger partial charge in [0.2, 0.25) is 0 Å². The highest BCUT2D eigenvalue weighted by molar-refractivity contribution is 5.96. The van der Waals surface area contributed by atoms with Gasteiger partial charge in [0.25, 0.3) is 11.7 Å². The van der Waals surface area contributed by atoms with E-state index in [-0.39, 0.29) is 0 Å². The largest absolute Gasteiger partial charge is 0.411 e. The van der Waals surface area contributed by atoms with Crippen molar-refractivity contribution in [2.24, 2.45) is 0 Å². The standard InChI is InChI=1S/C4F4O4/c5-1(3(9)11-7)2(6)4(10)12-8. The zero-order valence-electron chi connectivity index (χ0n) is 5.14. The lowest BCUT2D eigenvalue weighted by atomic mass is 10.4. The fourth-order valence-electron chi connectivity index (χ4n) is 0.247. The van der Waals surface area contributed by atoms with Gasteiger partial charge in [0.15, 0.2) is 0 Å². The predicted octanol–water partition coefficient (Wildman–Crippen LogP) is 0.992. The molecule has 0 aromatic heterocycles. The van der Waals surface area contributed by atoms with E-state index in [1.807, 2.05) is 0 Å². The third-order valence-electron chi connectivity index (χ3n) is 0.691. The third kappa shape index (κ3) is 2.22. The van der Waals surface area contributed by atoms with Gasteiger partial charge in [-0.3, -0.25) is 0 Å². The van der Waals surface area contributed by atoms with Crippen LogP contribution in [0.25, 0.3) is 0 Å². The summed E-state index contributed by atoms with van der Waals surface area (Å²) in [4.78, 5) is 23.9. The first-order chi connectivity index (χ1) is 5.54. The Morgan fingerprint density at radius 2 is 1.08 bits per heavy atom. The molecule has 0 heterocycles. The van der Waals surface area contributed by atoms with Crippen molar-refractivity contribution in [2.45, 2.75) is 0 Å². The van der Waals surface area contributed by atoms with Crippen molar-refractivity contribution in [3.63, 3.8) is 0 Å². The number of carbonyl (C=O) groups is 2. The van der Waals surface area contributed by atoms with E-state index in [1.165, 1.54) is 0 Å². The first-order valence-corrected chi connectivity index (χ1v) is 2.25. The van der Waals surface area contributed by atoms with Crippen LogP contribution in [0, 0.1) is 0 Å². The highest BCUT2D eigenvalue weighted by Crippen LogP contribution is 2.11. The normalized spacial score (nSPS) is 11.7. The SMILES string of the molecule is O=C(OF)C(F)=C(F)C(=O)OF. The van der Waals surface area contributed by atoms with Crippen LogP contribution in [0.5, 0.6) is 0 Å². The van der Waals surface area contributed by atoms with Crippen LogP contribution in [0.1, 0.15) is 0 Å². The Kier molecular flexibility index (Phi) is 3.74. The molecule has 8 heteroatoms. The van der Waals surface area contributed by atoms with Gasteiger partial charge in [-0.15, -0.1) is 0 Å². The van der Waals surface area contributed by atoms with Crippen molar-refractivity contribution < 1.29 is 37.3 Å².